The minimum atomic E-state index is 0.632. The Morgan fingerprint density at radius 3 is 2.78 bits per heavy atom. The molecule has 5 heteroatoms. The summed E-state index contributed by atoms with van der Waals surface area (Å²) in [6.45, 7) is 6.40. The number of hydrogen-bond acceptors (Lipinski definition) is 5. The first-order valence-electron chi connectivity index (χ1n) is 6.23. The lowest BCUT2D eigenvalue weighted by Crippen LogP contribution is -1.99. The zero-order chi connectivity index (χ0) is 13.1. The highest BCUT2D eigenvalue weighted by Gasteiger charge is 2.12. The number of thiophene rings is 1. The maximum absolute atomic E-state index is 6.05. The Morgan fingerprint density at radius 2 is 2.06 bits per heavy atom. The fourth-order valence-corrected chi connectivity index (χ4v) is 3.81. The van der Waals surface area contributed by atoms with E-state index in [0.717, 1.165) is 21.8 Å². The van der Waals surface area contributed by atoms with Gasteiger partial charge in [-0.25, -0.2) is 9.97 Å². The Labute approximate surface area is 116 Å². The lowest BCUT2D eigenvalue weighted by atomic mass is 10.2. The highest BCUT2D eigenvalue weighted by Crippen LogP contribution is 2.32. The average Bonchev–Trinajstić information content (AvgIpc) is 2.61. The second-order valence-corrected chi connectivity index (χ2v) is 6.70. The molecule has 2 heterocycles. The third-order valence-electron chi connectivity index (χ3n) is 2.98. The molecule has 0 unspecified atom stereocenters. The van der Waals surface area contributed by atoms with Gasteiger partial charge in [0.05, 0.1) is 11.1 Å². The Kier molecular flexibility index (Phi) is 4.45. The molecular weight excluding hydrogens is 262 g/mol. The van der Waals surface area contributed by atoms with E-state index in [1.165, 1.54) is 29.0 Å². The van der Waals surface area contributed by atoms with Gasteiger partial charge < -0.3 is 5.73 Å². The highest BCUT2D eigenvalue weighted by atomic mass is 32.2. The van der Waals surface area contributed by atoms with Crippen LogP contribution in [0.5, 0.6) is 0 Å². The molecule has 2 rings (SSSR count). The quantitative estimate of drug-likeness (QED) is 0.844. The van der Waals surface area contributed by atoms with Gasteiger partial charge in [0, 0.05) is 4.88 Å². The van der Waals surface area contributed by atoms with Crippen molar-refractivity contribution < 1.29 is 0 Å². The van der Waals surface area contributed by atoms with Crippen molar-refractivity contribution in [1.29, 1.82) is 0 Å². The summed E-state index contributed by atoms with van der Waals surface area (Å²) in [5.74, 6) is 3.52. The van der Waals surface area contributed by atoms with Crippen LogP contribution in [0.2, 0.25) is 0 Å². The van der Waals surface area contributed by atoms with Crippen LogP contribution in [0.4, 0.5) is 5.82 Å². The molecule has 0 aliphatic rings. The van der Waals surface area contributed by atoms with Crippen LogP contribution in [0.1, 0.15) is 36.0 Å². The molecule has 0 bridgehead atoms. The van der Waals surface area contributed by atoms with Crippen molar-refractivity contribution in [2.24, 2.45) is 0 Å². The zero-order valence-corrected chi connectivity index (χ0v) is 12.7. The van der Waals surface area contributed by atoms with Gasteiger partial charge in [-0.05, 0) is 31.6 Å². The highest BCUT2D eigenvalue weighted by molar-refractivity contribution is 7.98. The van der Waals surface area contributed by atoms with Crippen molar-refractivity contribution in [1.82, 2.24) is 9.97 Å². The number of nitrogens with two attached hydrogens (primary N) is 1. The number of nitrogens with zero attached hydrogens (tertiary/aromatic N) is 2. The number of aryl methyl sites for hydroxylation is 2. The van der Waals surface area contributed by atoms with Crippen LogP contribution in [0.3, 0.4) is 0 Å². The SMILES string of the molecule is CCCCSCc1nc(N)c2c(C)c(C)sc2n1. The molecule has 2 aromatic heterocycles. The van der Waals surface area contributed by atoms with Crippen LogP contribution in [-0.2, 0) is 5.75 Å². The first kappa shape index (κ1) is 13.6. The van der Waals surface area contributed by atoms with E-state index in [2.05, 4.69) is 30.7 Å². The molecule has 18 heavy (non-hydrogen) atoms. The van der Waals surface area contributed by atoms with E-state index in [1.807, 2.05) is 11.8 Å². The summed E-state index contributed by atoms with van der Waals surface area (Å²) in [5.41, 5.74) is 7.27. The molecule has 0 spiro atoms. The average molecular weight is 281 g/mol. The first-order chi connectivity index (χ1) is 8.63. The van der Waals surface area contributed by atoms with E-state index >= 15 is 0 Å². The number of anilines is 1. The fourth-order valence-electron chi connectivity index (χ4n) is 1.80. The van der Waals surface area contributed by atoms with Gasteiger partial charge in [-0.15, -0.1) is 11.3 Å². The zero-order valence-electron chi connectivity index (χ0n) is 11.1. The number of rotatable bonds is 5. The molecule has 0 aliphatic heterocycles. The molecule has 0 fully saturated rings. The van der Waals surface area contributed by atoms with Crippen LogP contribution in [0.25, 0.3) is 10.2 Å². The summed E-state index contributed by atoms with van der Waals surface area (Å²) >= 11 is 3.59. The molecular formula is C13H19N3S2. The molecule has 2 aromatic rings. The van der Waals surface area contributed by atoms with E-state index in [-0.39, 0.29) is 0 Å². The van der Waals surface area contributed by atoms with Crippen molar-refractivity contribution in [2.75, 3.05) is 11.5 Å². The third kappa shape index (κ3) is 2.78. The predicted octanol–water partition coefficient (Wildman–Crippen LogP) is 3.92. The van der Waals surface area contributed by atoms with Gasteiger partial charge in [0.15, 0.2) is 0 Å². The number of fused-ring (bicyclic) bond motifs is 1. The van der Waals surface area contributed by atoms with E-state index in [0.29, 0.717) is 5.82 Å². The molecule has 0 saturated heterocycles. The summed E-state index contributed by atoms with van der Waals surface area (Å²) in [5, 5.41) is 1.04. The second kappa shape index (κ2) is 5.89. The number of unbranched alkanes of at least 4 members (excludes halogenated alkanes) is 1. The maximum Gasteiger partial charge on any atom is 0.142 e. The van der Waals surface area contributed by atoms with Crippen molar-refractivity contribution in [2.45, 2.75) is 39.4 Å². The normalized spacial score (nSPS) is 11.3. The smallest absolute Gasteiger partial charge is 0.142 e. The van der Waals surface area contributed by atoms with Crippen molar-refractivity contribution in [3.05, 3.63) is 16.3 Å². The molecule has 98 valence electrons. The van der Waals surface area contributed by atoms with E-state index in [4.69, 9.17) is 5.73 Å². The largest absolute Gasteiger partial charge is 0.383 e. The van der Waals surface area contributed by atoms with Crippen LogP contribution in [0, 0.1) is 13.8 Å². The van der Waals surface area contributed by atoms with Gasteiger partial charge in [-0.3, -0.25) is 0 Å². The Hall–Kier alpha value is -0.810. The molecule has 0 atom stereocenters. The van der Waals surface area contributed by atoms with Crippen LogP contribution >= 0.6 is 23.1 Å². The standard InChI is InChI=1S/C13H19N3S2/c1-4-5-6-17-7-10-15-12(14)11-8(2)9(3)18-13(11)16-10/h4-7H2,1-3H3,(H2,14,15,16). The van der Waals surface area contributed by atoms with E-state index in [9.17, 15) is 0 Å². The lowest BCUT2D eigenvalue weighted by Gasteiger charge is -2.03. The third-order valence-corrected chi connectivity index (χ3v) is 5.12. The molecule has 3 nitrogen and oxygen atoms in total. The van der Waals surface area contributed by atoms with Gasteiger partial charge in [0.25, 0.3) is 0 Å². The summed E-state index contributed by atoms with van der Waals surface area (Å²) in [7, 11) is 0. The summed E-state index contributed by atoms with van der Waals surface area (Å²) in [6.07, 6.45) is 2.48. The van der Waals surface area contributed by atoms with Gasteiger partial charge in [0.2, 0.25) is 0 Å². The van der Waals surface area contributed by atoms with Crippen LogP contribution in [-0.4, -0.2) is 15.7 Å². The fraction of sp³-hybridized carbons (Fsp3) is 0.538. The van der Waals surface area contributed by atoms with Crippen LogP contribution < -0.4 is 5.73 Å². The first-order valence-corrected chi connectivity index (χ1v) is 8.20. The van der Waals surface area contributed by atoms with Gasteiger partial charge in [-0.2, -0.15) is 11.8 Å². The van der Waals surface area contributed by atoms with Crippen molar-refractivity contribution in [3.8, 4) is 0 Å². The lowest BCUT2D eigenvalue weighted by molar-refractivity contribution is 0.895. The van der Waals surface area contributed by atoms with Gasteiger partial charge in [0.1, 0.15) is 16.5 Å². The number of hydrogen-bond donors (Lipinski definition) is 1. The summed E-state index contributed by atoms with van der Waals surface area (Å²) in [6, 6.07) is 0. The molecule has 0 radical (unpaired) electrons. The van der Waals surface area contributed by atoms with Gasteiger partial charge >= 0.3 is 0 Å². The van der Waals surface area contributed by atoms with Crippen LogP contribution in [0.15, 0.2) is 0 Å². The molecule has 0 saturated carbocycles. The predicted molar refractivity (Wildman–Crippen MR) is 82.4 cm³/mol. The minimum absolute atomic E-state index is 0.632. The van der Waals surface area contributed by atoms with Crippen molar-refractivity contribution in [3.63, 3.8) is 0 Å². The molecule has 2 N–H and O–H groups in total. The Bertz CT molecular complexity index is 549. The molecule has 0 amide bonds. The molecule has 0 aromatic carbocycles. The maximum atomic E-state index is 6.05. The number of nitrogen functional groups attached to an aromatic ring is 1. The van der Waals surface area contributed by atoms with Crippen molar-refractivity contribution >= 4 is 39.1 Å². The summed E-state index contributed by atoms with van der Waals surface area (Å²) < 4.78 is 0. The summed E-state index contributed by atoms with van der Waals surface area (Å²) in [4.78, 5) is 11.4. The minimum Gasteiger partial charge on any atom is -0.383 e. The van der Waals surface area contributed by atoms with Gasteiger partial charge in [-0.1, -0.05) is 13.3 Å². The Morgan fingerprint density at radius 1 is 1.28 bits per heavy atom. The second-order valence-electron chi connectivity index (χ2n) is 4.39. The van der Waals surface area contributed by atoms with E-state index < -0.39 is 0 Å². The molecule has 0 aliphatic carbocycles. The van der Waals surface area contributed by atoms with E-state index in [1.54, 1.807) is 11.3 Å². The number of thioether (sulfide) groups is 1. The monoisotopic (exact) mass is 281 g/mol. The Balaban J connectivity index is 2.21. The number of aromatic nitrogens is 2. The topological polar surface area (TPSA) is 51.8 Å².